The molecular formula is C20H23ClN2O2. The van der Waals surface area contributed by atoms with E-state index in [9.17, 15) is 9.59 Å². The fraction of sp³-hybridized carbons (Fsp3) is 0.300. The first-order valence-electron chi connectivity index (χ1n) is 8.12. The molecule has 0 bridgehead atoms. The summed E-state index contributed by atoms with van der Waals surface area (Å²) in [6.07, 6.45) is -0.257. The summed E-state index contributed by atoms with van der Waals surface area (Å²) in [6.45, 7) is 8.20. The van der Waals surface area contributed by atoms with Gasteiger partial charge in [-0.05, 0) is 47.7 Å². The molecule has 5 heteroatoms. The Balaban J connectivity index is 1.93. The van der Waals surface area contributed by atoms with Crippen molar-refractivity contribution in [3.8, 4) is 0 Å². The van der Waals surface area contributed by atoms with Crippen molar-refractivity contribution in [1.82, 2.24) is 0 Å². The molecular weight excluding hydrogens is 336 g/mol. The molecule has 0 atom stereocenters. The summed E-state index contributed by atoms with van der Waals surface area (Å²) in [5.74, 6) is -0.741. The quantitative estimate of drug-likeness (QED) is 0.762. The van der Waals surface area contributed by atoms with Crippen molar-refractivity contribution < 1.29 is 9.59 Å². The number of nitrogens with one attached hydrogen (secondary N) is 2. The predicted octanol–water partition coefficient (Wildman–Crippen LogP) is 4.91. The summed E-state index contributed by atoms with van der Waals surface area (Å²) in [7, 11) is 0. The second-order valence-corrected chi connectivity index (χ2v) is 7.42. The molecule has 2 N–H and O–H groups in total. The van der Waals surface area contributed by atoms with Crippen LogP contribution in [-0.4, -0.2) is 11.8 Å². The lowest BCUT2D eigenvalue weighted by Crippen LogP contribution is -2.22. The van der Waals surface area contributed by atoms with E-state index in [-0.39, 0.29) is 23.7 Å². The van der Waals surface area contributed by atoms with Crippen molar-refractivity contribution in [3.63, 3.8) is 0 Å². The Hall–Kier alpha value is -2.33. The highest BCUT2D eigenvalue weighted by Crippen LogP contribution is 2.24. The molecule has 0 aliphatic rings. The largest absolute Gasteiger partial charge is 0.326 e. The summed E-state index contributed by atoms with van der Waals surface area (Å²) >= 11 is 6.02. The summed E-state index contributed by atoms with van der Waals surface area (Å²) in [5, 5.41) is 6.02. The SMILES string of the molecule is Cc1c(Cl)cccc1NC(=O)CC(=O)Nc1ccc(C(C)(C)C)cc1. The van der Waals surface area contributed by atoms with Crippen molar-refractivity contribution in [1.29, 1.82) is 0 Å². The van der Waals surface area contributed by atoms with E-state index in [4.69, 9.17) is 11.6 Å². The Labute approximate surface area is 153 Å². The third kappa shape index (κ3) is 5.33. The summed E-state index contributed by atoms with van der Waals surface area (Å²) in [6, 6.07) is 12.9. The maximum absolute atomic E-state index is 12.0. The molecule has 2 aromatic rings. The molecule has 4 nitrogen and oxygen atoms in total. The molecule has 2 amide bonds. The predicted molar refractivity (Wildman–Crippen MR) is 103 cm³/mol. The van der Waals surface area contributed by atoms with Crippen LogP contribution in [0.1, 0.15) is 38.3 Å². The van der Waals surface area contributed by atoms with Crippen LogP contribution < -0.4 is 10.6 Å². The molecule has 0 unspecified atom stereocenters. The van der Waals surface area contributed by atoms with Gasteiger partial charge in [0.2, 0.25) is 11.8 Å². The highest BCUT2D eigenvalue weighted by atomic mass is 35.5. The van der Waals surface area contributed by atoms with Gasteiger partial charge in [-0.3, -0.25) is 9.59 Å². The monoisotopic (exact) mass is 358 g/mol. The van der Waals surface area contributed by atoms with Gasteiger partial charge < -0.3 is 10.6 Å². The van der Waals surface area contributed by atoms with Crippen LogP contribution in [0, 0.1) is 6.92 Å². The van der Waals surface area contributed by atoms with Gasteiger partial charge in [-0.15, -0.1) is 0 Å². The van der Waals surface area contributed by atoms with Crippen LogP contribution in [0.3, 0.4) is 0 Å². The Morgan fingerprint density at radius 3 is 2.16 bits per heavy atom. The first kappa shape index (κ1) is 19.0. The summed E-state index contributed by atoms with van der Waals surface area (Å²) in [4.78, 5) is 24.1. The normalized spacial score (nSPS) is 11.1. The van der Waals surface area contributed by atoms with Gasteiger partial charge in [0.25, 0.3) is 0 Å². The standard InChI is InChI=1S/C20H23ClN2O2/c1-13-16(21)6-5-7-17(13)23-19(25)12-18(24)22-15-10-8-14(9-11-15)20(2,3)4/h5-11H,12H2,1-4H3,(H,22,24)(H,23,25). The zero-order valence-corrected chi connectivity index (χ0v) is 15.7. The van der Waals surface area contributed by atoms with Crippen molar-refractivity contribution in [2.75, 3.05) is 10.6 Å². The second kappa shape index (κ2) is 7.70. The van der Waals surface area contributed by atoms with Crippen LogP contribution >= 0.6 is 11.6 Å². The molecule has 2 rings (SSSR count). The Kier molecular flexibility index (Phi) is 5.85. The van der Waals surface area contributed by atoms with E-state index < -0.39 is 0 Å². The lowest BCUT2D eigenvalue weighted by atomic mass is 9.87. The van der Waals surface area contributed by atoms with Crippen molar-refractivity contribution in [3.05, 3.63) is 58.6 Å². The van der Waals surface area contributed by atoms with Gasteiger partial charge in [-0.25, -0.2) is 0 Å². The van der Waals surface area contributed by atoms with E-state index in [1.807, 2.05) is 31.2 Å². The smallest absolute Gasteiger partial charge is 0.233 e. The number of amides is 2. The van der Waals surface area contributed by atoms with Gasteiger partial charge in [-0.2, -0.15) is 0 Å². The Bertz CT molecular complexity index is 777. The minimum atomic E-state index is -0.380. The lowest BCUT2D eigenvalue weighted by Gasteiger charge is -2.19. The van der Waals surface area contributed by atoms with E-state index in [1.54, 1.807) is 18.2 Å². The van der Waals surface area contributed by atoms with Crippen LogP contribution in [0.25, 0.3) is 0 Å². The highest BCUT2D eigenvalue weighted by molar-refractivity contribution is 6.31. The van der Waals surface area contributed by atoms with Crippen LogP contribution in [0.5, 0.6) is 0 Å². The van der Waals surface area contributed by atoms with Gasteiger partial charge >= 0.3 is 0 Å². The number of benzene rings is 2. The van der Waals surface area contributed by atoms with Gasteiger partial charge in [-0.1, -0.05) is 50.6 Å². The summed E-state index contributed by atoms with van der Waals surface area (Å²) < 4.78 is 0. The zero-order chi connectivity index (χ0) is 18.6. The average Bonchev–Trinajstić information content (AvgIpc) is 2.51. The Morgan fingerprint density at radius 1 is 0.960 bits per heavy atom. The van der Waals surface area contributed by atoms with E-state index in [0.29, 0.717) is 16.4 Å². The van der Waals surface area contributed by atoms with Crippen molar-refractivity contribution in [2.45, 2.75) is 39.5 Å². The topological polar surface area (TPSA) is 58.2 Å². The zero-order valence-electron chi connectivity index (χ0n) is 14.9. The molecule has 132 valence electrons. The van der Waals surface area contributed by atoms with Crippen molar-refractivity contribution in [2.24, 2.45) is 0 Å². The summed E-state index contributed by atoms with van der Waals surface area (Å²) in [5.41, 5.74) is 3.29. The molecule has 0 fully saturated rings. The number of hydrogen-bond donors (Lipinski definition) is 2. The van der Waals surface area contributed by atoms with Crippen LogP contribution in [-0.2, 0) is 15.0 Å². The number of anilines is 2. The molecule has 0 aliphatic heterocycles. The lowest BCUT2D eigenvalue weighted by molar-refractivity contribution is -0.123. The highest BCUT2D eigenvalue weighted by Gasteiger charge is 2.14. The first-order valence-corrected chi connectivity index (χ1v) is 8.50. The molecule has 0 saturated carbocycles. The maximum atomic E-state index is 12.0. The fourth-order valence-electron chi connectivity index (χ4n) is 2.34. The van der Waals surface area contributed by atoms with Gasteiger partial charge in [0, 0.05) is 16.4 Å². The van der Waals surface area contributed by atoms with E-state index >= 15 is 0 Å². The van der Waals surface area contributed by atoms with Crippen LogP contribution in [0.2, 0.25) is 5.02 Å². The van der Waals surface area contributed by atoms with E-state index in [1.165, 1.54) is 5.56 Å². The molecule has 25 heavy (non-hydrogen) atoms. The van der Waals surface area contributed by atoms with Crippen LogP contribution in [0.15, 0.2) is 42.5 Å². The average molecular weight is 359 g/mol. The Morgan fingerprint density at radius 2 is 1.56 bits per heavy atom. The molecule has 0 saturated heterocycles. The number of carbonyl (C=O) groups excluding carboxylic acids is 2. The number of hydrogen-bond acceptors (Lipinski definition) is 2. The minimum absolute atomic E-state index is 0.0528. The number of carbonyl (C=O) groups is 2. The molecule has 2 aromatic carbocycles. The minimum Gasteiger partial charge on any atom is -0.326 e. The van der Waals surface area contributed by atoms with E-state index in [0.717, 1.165) is 5.56 Å². The maximum Gasteiger partial charge on any atom is 0.233 e. The van der Waals surface area contributed by atoms with Gasteiger partial charge in [0.05, 0.1) is 0 Å². The third-order valence-corrected chi connectivity index (χ3v) is 4.31. The molecule has 0 aliphatic carbocycles. The van der Waals surface area contributed by atoms with Gasteiger partial charge in [0.1, 0.15) is 6.42 Å². The number of rotatable bonds is 4. The number of halogens is 1. The third-order valence-electron chi connectivity index (χ3n) is 3.90. The second-order valence-electron chi connectivity index (χ2n) is 7.01. The molecule has 0 aromatic heterocycles. The first-order chi connectivity index (χ1) is 11.7. The van der Waals surface area contributed by atoms with Gasteiger partial charge in [0.15, 0.2) is 0 Å². The van der Waals surface area contributed by atoms with E-state index in [2.05, 4.69) is 31.4 Å². The van der Waals surface area contributed by atoms with Crippen molar-refractivity contribution >= 4 is 34.8 Å². The fourth-order valence-corrected chi connectivity index (χ4v) is 2.52. The molecule has 0 spiro atoms. The molecule has 0 radical (unpaired) electrons. The molecule has 0 heterocycles. The van der Waals surface area contributed by atoms with Crippen LogP contribution in [0.4, 0.5) is 11.4 Å².